The van der Waals surface area contributed by atoms with Crippen molar-refractivity contribution in [1.29, 1.82) is 0 Å². The molecular formula is C45H89NO8P+. The monoisotopic (exact) mass is 803 g/mol. The van der Waals surface area contributed by atoms with E-state index in [0.29, 0.717) is 23.9 Å². The zero-order chi connectivity index (χ0) is 40.7. The number of ether oxygens (including phenoxy) is 2. The molecule has 1 unspecified atom stereocenters. The Balaban J connectivity index is 4.13. The second-order valence-corrected chi connectivity index (χ2v) is 18.2. The molecule has 0 spiro atoms. The molecule has 0 fully saturated rings. The van der Waals surface area contributed by atoms with E-state index in [9.17, 15) is 19.0 Å². The van der Waals surface area contributed by atoms with Crippen LogP contribution in [0, 0.1) is 0 Å². The Morgan fingerprint density at radius 3 is 1.40 bits per heavy atom. The Kier molecular flexibility index (Phi) is 37.4. The molecule has 2 atom stereocenters. The number of quaternary nitrogens is 1. The van der Waals surface area contributed by atoms with Crippen LogP contribution in [0.1, 0.15) is 213 Å². The van der Waals surface area contributed by atoms with Gasteiger partial charge in [-0.15, -0.1) is 0 Å². The Bertz CT molecular complexity index is 954. The molecule has 0 heterocycles. The molecule has 0 aromatic rings. The fraction of sp³-hybridized carbons (Fsp3) is 0.911. The summed E-state index contributed by atoms with van der Waals surface area (Å²) in [5.74, 6) is -0.832. The molecule has 326 valence electrons. The number of carbonyl (C=O) groups is 2. The number of likely N-dealkylation sites (N-methyl/N-ethyl adjacent to an activating group) is 1. The lowest BCUT2D eigenvalue weighted by Crippen LogP contribution is -2.37. The van der Waals surface area contributed by atoms with Crippen molar-refractivity contribution < 1.29 is 42.1 Å². The summed E-state index contributed by atoms with van der Waals surface area (Å²) in [7, 11) is 1.47. The molecule has 0 radical (unpaired) electrons. The largest absolute Gasteiger partial charge is 0.472 e. The number of nitrogens with zero attached hydrogens (tertiary/aromatic N) is 1. The summed E-state index contributed by atoms with van der Waals surface area (Å²) in [6.45, 7) is 4.38. The molecule has 10 heteroatoms. The van der Waals surface area contributed by atoms with Gasteiger partial charge in [-0.25, -0.2) is 4.57 Å². The molecule has 0 aromatic heterocycles. The molecule has 0 saturated carbocycles. The summed E-state index contributed by atoms with van der Waals surface area (Å²) >= 11 is 0. The topological polar surface area (TPSA) is 108 Å². The lowest BCUT2D eigenvalue weighted by Gasteiger charge is -2.24. The minimum absolute atomic E-state index is 0.0309. The first-order valence-electron chi connectivity index (χ1n) is 22.9. The Hall–Kier alpha value is -1.25. The van der Waals surface area contributed by atoms with E-state index >= 15 is 0 Å². The van der Waals surface area contributed by atoms with Gasteiger partial charge in [0.15, 0.2) is 6.10 Å². The van der Waals surface area contributed by atoms with Gasteiger partial charge >= 0.3 is 19.8 Å². The number of phosphoric ester groups is 1. The molecule has 0 amide bonds. The van der Waals surface area contributed by atoms with E-state index in [1.54, 1.807) is 0 Å². The third-order valence-electron chi connectivity index (χ3n) is 10.0. The highest BCUT2D eigenvalue weighted by Gasteiger charge is 2.27. The number of hydrogen-bond acceptors (Lipinski definition) is 7. The van der Waals surface area contributed by atoms with Gasteiger partial charge in [0, 0.05) is 12.8 Å². The van der Waals surface area contributed by atoms with Crippen molar-refractivity contribution in [2.45, 2.75) is 219 Å². The van der Waals surface area contributed by atoms with Crippen LogP contribution in [0.3, 0.4) is 0 Å². The van der Waals surface area contributed by atoms with Crippen molar-refractivity contribution in [3.8, 4) is 0 Å². The highest BCUT2D eigenvalue weighted by molar-refractivity contribution is 7.47. The molecule has 9 nitrogen and oxygen atoms in total. The standard InChI is InChI=1S/C45H88NO8P/c1-6-8-10-12-14-16-17-18-19-20-21-22-23-24-25-26-27-28-29-30-32-33-35-37-44(47)51-41-43(42-53-55(49,50)52-40-39-46(3,4)5)54-45(48)38-36-34-31-15-13-11-9-7-2/h30,32,43H,6-29,31,33-42H2,1-5H3/p+1/b32-30+/t43-/m0/s1. The van der Waals surface area contributed by atoms with Crippen molar-refractivity contribution in [1.82, 2.24) is 0 Å². The normalized spacial score (nSPS) is 13.6. The molecule has 0 aliphatic rings. The number of hydrogen-bond donors (Lipinski definition) is 1. The van der Waals surface area contributed by atoms with E-state index in [-0.39, 0.29) is 26.1 Å². The predicted molar refractivity (Wildman–Crippen MR) is 229 cm³/mol. The van der Waals surface area contributed by atoms with Crippen molar-refractivity contribution in [3.05, 3.63) is 12.2 Å². The van der Waals surface area contributed by atoms with Gasteiger partial charge in [0.05, 0.1) is 27.7 Å². The summed E-state index contributed by atoms with van der Waals surface area (Å²) < 4.78 is 34.2. The van der Waals surface area contributed by atoms with Crippen LogP contribution in [-0.2, 0) is 32.7 Å². The number of rotatable bonds is 42. The molecule has 0 aromatic carbocycles. The fourth-order valence-electron chi connectivity index (χ4n) is 6.43. The predicted octanol–water partition coefficient (Wildman–Crippen LogP) is 13.0. The molecule has 0 bridgehead atoms. The zero-order valence-electron chi connectivity index (χ0n) is 36.7. The van der Waals surface area contributed by atoms with Gasteiger partial charge in [-0.3, -0.25) is 18.6 Å². The van der Waals surface area contributed by atoms with Crippen molar-refractivity contribution in [2.24, 2.45) is 0 Å². The maximum atomic E-state index is 12.6. The second-order valence-electron chi connectivity index (χ2n) is 16.8. The highest BCUT2D eigenvalue weighted by atomic mass is 31.2. The second kappa shape index (κ2) is 38.3. The number of allylic oxidation sites excluding steroid dienone is 2. The Morgan fingerprint density at radius 1 is 0.545 bits per heavy atom. The van der Waals surface area contributed by atoms with Gasteiger partial charge in [0.1, 0.15) is 19.8 Å². The van der Waals surface area contributed by atoms with Crippen LogP contribution in [0.5, 0.6) is 0 Å². The highest BCUT2D eigenvalue weighted by Crippen LogP contribution is 2.43. The lowest BCUT2D eigenvalue weighted by atomic mass is 10.0. The molecule has 0 aliphatic carbocycles. The van der Waals surface area contributed by atoms with E-state index in [0.717, 1.165) is 32.1 Å². The fourth-order valence-corrected chi connectivity index (χ4v) is 7.17. The van der Waals surface area contributed by atoms with Gasteiger partial charge < -0.3 is 18.9 Å². The summed E-state index contributed by atoms with van der Waals surface area (Å²) in [6.07, 6.45) is 40.1. The SMILES string of the molecule is CCCCCCCCCCCCCCCCCCCC/C=C/CCCC(=O)OC[C@@H](COP(=O)(O)OCC[N+](C)(C)C)OC(=O)CCCCCCCCCC. The quantitative estimate of drug-likeness (QED) is 0.0214. The Morgan fingerprint density at radius 2 is 0.945 bits per heavy atom. The van der Waals surface area contributed by atoms with E-state index < -0.39 is 32.5 Å². The van der Waals surface area contributed by atoms with Gasteiger partial charge in [0.25, 0.3) is 0 Å². The van der Waals surface area contributed by atoms with Crippen LogP contribution in [0.15, 0.2) is 12.2 Å². The third-order valence-corrected chi connectivity index (χ3v) is 11.0. The first-order chi connectivity index (χ1) is 26.5. The van der Waals surface area contributed by atoms with Crippen LogP contribution in [0.25, 0.3) is 0 Å². The summed E-state index contributed by atoms with van der Waals surface area (Å²) in [4.78, 5) is 35.2. The van der Waals surface area contributed by atoms with Crippen LogP contribution in [-0.4, -0.2) is 74.9 Å². The summed E-state index contributed by atoms with van der Waals surface area (Å²) in [5, 5.41) is 0. The minimum Gasteiger partial charge on any atom is -0.462 e. The molecular weight excluding hydrogens is 713 g/mol. The molecule has 0 rings (SSSR count). The maximum absolute atomic E-state index is 12.6. The molecule has 0 aliphatic heterocycles. The van der Waals surface area contributed by atoms with E-state index in [2.05, 4.69) is 26.0 Å². The average molecular weight is 803 g/mol. The molecule has 55 heavy (non-hydrogen) atoms. The maximum Gasteiger partial charge on any atom is 0.472 e. The lowest BCUT2D eigenvalue weighted by molar-refractivity contribution is -0.870. The number of carbonyl (C=O) groups excluding carboxylic acids is 2. The zero-order valence-corrected chi connectivity index (χ0v) is 37.6. The number of esters is 2. The van der Waals surface area contributed by atoms with Crippen LogP contribution < -0.4 is 0 Å². The van der Waals surface area contributed by atoms with Gasteiger partial charge in [0.2, 0.25) is 0 Å². The first-order valence-corrected chi connectivity index (χ1v) is 24.4. The molecule has 1 N–H and O–H groups in total. The van der Waals surface area contributed by atoms with Crippen molar-refractivity contribution in [3.63, 3.8) is 0 Å². The van der Waals surface area contributed by atoms with Gasteiger partial charge in [-0.05, 0) is 32.1 Å². The van der Waals surface area contributed by atoms with Gasteiger partial charge in [-0.2, -0.15) is 0 Å². The molecule has 0 saturated heterocycles. The number of unbranched alkanes of at least 4 members (excludes halogenated alkanes) is 26. The smallest absolute Gasteiger partial charge is 0.462 e. The number of phosphoric acid groups is 1. The van der Waals surface area contributed by atoms with E-state index in [4.69, 9.17) is 18.5 Å². The van der Waals surface area contributed by atoms with Crippen LogP contribution >= 0.6 is 7.82 Å². The summed E-state index contributed by atoms with van der Waals surface area (Å²) in [5.41, 5.74) is 0. The average Bonchev–Trinajstić information content (AvgIpc) is 3.13. The van der Waals surface area contributed by atoms with Gasteiger partial charge in [-0.1, -0.05) is 180 Å². The van der Waals surface area contributed by atoms with E-state index in [1.807, 2.05) is 21.1 Å². The minimum atomic E-state index is -4.37. The third kappa shape index (κ3) is 42.2. The van der Waals surface area contributed by atoms with Crippen molar-refractivity contribution >= 4 is 19.8 Å². The van der Waals surface area contributed by atoms with Crippen LogP contribution in [0.2, 0.25) is 0 Å². The first kappa shape index (κ1) is 53.8. The summed E-state index contributed by atoms with van der Waals surface area (Å²) in [6, 6.07) is 0. The van der Waals surface area contributed by atoms with Crippen molar-refractivity contribution in [2.75, 3.05) is 47.5 Å². The van der Waals surface area contributed by atoms with E-state index in [1.165, 1.54) is 141 Å². The Labute approximate surface area is 339 Å². The van der Waals surface area contributed by atoms with Crippen LogP contribution in [0.4, 0.5) is 0 Å².